The van der Waals surface area contributed by atoms with Gasteiger partial charge in [-0.3, -0.25) is 0 Å². The Kier molecular flexibility index (Phi) is 1.99. The highest BCUT2D eigenvalue weighted by Gasteiger charge is 2.38. The van der Waals surface area contributed by atoms with Crippen LogP contribution in [0.2, 0.25) is 0 Å². The van der Waals surface area contributed by atoms with E-state index in [2.05, 4.69) is 16.9 Å². The fourth-order valence-corrected chi connectivity index (χ4v) is 2.10. The van der Waals surface area contributed by atoms with E-state index < -0.39 is 5.97 Å². The molecule has 1 N–H and O–H groups in total. The normalized spacial score (nSPS) is 27.8. The zero-order chi connectivity index (χ0) is 11.3. The van der Waals surface area contributed by atoms with Crippen LogP contribution in [-0.2, 0) is 0 Å². The molecule has 1 aromatic heterocycles. The highest BCUT2D eigenvalue weighted by molar-refractivity contribution is 5.88. The number of nitrogens with zero attached hydrogens (tertiary/aromatic N) is 2. The summed E-state index contributed by atoms with van der Waals surface area (Å²) >= 11 is 0. The van der Waals surface area contributed by atoms with Crippen molar-refractivity contribution < 1.29 is 9.90 Å². The van der Waals surface area contributed by atoms with Crippen LogP contribution in [0.5, 0.6) is 0 Å². The van der Waals surface area contributed by atoms with Gasteiger partial charge in [0, 0.05) is 18.0 Å². The summed E-state index contributed by atoms with van der Waals surface area (Å²) in [6.45, 7) is 2.18. The molecule has 16 heavy (non-hydrogen) atoms. The van der Waals surface area contributed by atoms with E-state index in [4.69, 9.17) is 5.11 Å². The number of aromatic nitrogens is 2. The van der Waals surface area contributed by atoms with Gasteiger partial charge < -0.3 is 5.11 Å². The summed E-state index contributed by atoms with van der Waals surface area (Å²) in [6.07, 6.45) is 4.76. The van der Waals surface area contributed by atoms with Crippen molar-refractivity contribution >= 4 is 5.97 Å². The van der Waals surface area contributed by atoms with Crippen LogP contribution >= 0.6 is 0 Å². The summed E-state index contributed by atoms with van der Waals surface area (Å²) in [6, 6.07) is 0. The second-order valence-electron chi connectivity index (χ2n) is 4.93. The summed E-state index contributed by atoms with van der Waals surface area (Å²) in [5, 5.41) is 9.06. The van der Waals surface area contributed by atoms with Gasteiger partial charge in [-0.05, 0) is 25.2 Å². The van der Waals surface area contributed by atoms with Crippen molar-refractivity contribution in [3.8, 4) is 0 Å². The lowest BCUT2D eigenvalue weighted by molar-refractivity contribution is 0.0694. The minimum absolute atomic E-state index is 0.291. The molecule has 2 aliphatic carbocycles. The third kappa shape index (κ3) is 1.58. The van der Waals surface area contributed by atoms with Crippen molar-refractivity contribution in [2.45, 2.75) is 38.0 Å². The Labute approximate surface area is 93.7 Å². The zero-order valence-corrected chi connectivity index (χ0v) is 9.18. The first kappa shape index (κ1) is 9.75. The van der Waals surface area contributed by atoms with Gasteiger partial charge in [-0.2, -0.15) is 0 Å². The average Bonchev–Trinajstić information content (AvgIpc) is 3.11. The lowest BCUT2D eigenvalue weighted by Gasteiger charge is -2.05. The third-order valence-electron chi connectivity index (χ3n) is 3.47. The van der Waals surface area contributed by atoms with E-state index in [1.165, 1.54) is 6.20 Å². The molecule has 1 heterocycles. The molecule has 0 bridgehead atoms. The van der Waals surface area contributed by atoms with E-state index in [9.17, 15) is 4.79 Å². The molecule has 0 radical (unpaired) electrons. The predicted octanol–water partition coefficient (Wildman–Crippen LogP) is 2.18. The Morgan fingerprint density at radius 3 is 2.69 bits per heavy atom. The van der Waals surface area contributed by atoms with Crippen LogP contribution < -0.4 is 0 Å². The molecule has 2 unspecified atom stereocenters. The maximum atomic E-state index is 11.0. The van der Waals surface area contributed by atoms with Crippen LogP contribution in [0.4, 0.5) is 0 Å². The van der Waals surface area contributed by atoms with Crippen molar-refractivity contribution in [2.75, 3.05) is 0 Å². The monoisotopic (exact) mass is 218 g/mol. The molecule has 2 fully saturated rings. The third-order valence-corrected chi connectivity index (χ3v) is 3.47. The highest BCUT2D eigenvalue weighted by Crippen LogP contribution is 2.47. The Balaban J connectivity index is 1.99. The van der Waals surface area contributed by atoms with E-state index in [1.807, 2.05) is 0 Å². The van der Waals surface area contributed by atoms with Gasteiger partial charge in [0.15, 0.2) is 0 Å². The zero-order valence-electron chi connectivity index (χ0n) is 9.18. The van der Waals surface area contributed by atoms with Crippen LogP contribution in [-0.4, -0.2) is 21.0 Å². The molecule has 3 rings (SSSR count). The summed E-state index contributed by atoms with van der Waals surface area (Å²) in [5.41, 5.74) is 1.05. The smallest absolute Gasteiger partial charge is 0.339 e. The molecule has 1 aromatic rings. The maximum Gasteiger partial charge on any atom is 0.339 e. The van der Waals surface area contributed by atoms with Gasteiger partial charge in [-0.25, -0.2) is 14.8 Å². The van der Waals surface area contributed by atoms with Crippen LogP contribution in [0.3, 0.4) is 0 Å². The number of carboxylic acid groups (broad SMARTS) is 1. The number of rotatable bonds is 3. The van der Waals surface area contributed by atoms with Gasteiger partial charge in [-0.1, -0.05) is 6.92 Å². The van der Waals surface area contributed by atoms with E-state index in [-0.39, 0.29) is 0 Å². The Bertz CT molecular complexity index is 454. The second kappa shape index (κ2) is 3.27. The van der Waals surface area contributed by atoms with Gasteiger partial charge in [0.1, 0.15) is 5.82 Å². The van der Waals surface area contributed by atoms with E-state index >= 15 is 0 Å². The SMILES string of the molecule is CC1CC1c1ncc(C(=O)O)c(C2CC2)n1. The van der Waals surface area contributed by atoms with Crippen LogP contribution in [0.1, 0.15) is 59.9 Å². The molecule has 0 aliphatic heterocycles. The highest BCUT2D eigenvalue weighted by atomic mass is 16.4. The van der Waals surface area contributed by atoms with E-state index in [0.717, 1.165) is 30.8 Å². The minimum atomic E-state index is -0.905. The molecule has 0 spiro atoms. The largest absolute Gasteiger partial charge is 0.478 e. The molecule has 4 heteroatoms. The summed E-state index contributed by atoms with van der Waals surface area (Å²) < 4.78 is 0. The van der Waals surface area contributed by atoms with E-state index in [0.29, 0.717) is 23.3 Å². The molecule has 2 atom stereocenters. The number of hydrogen-bond acceptors (Lipinski definition) is 3. The molecular weight excluding hydrogens is 204 g/mol. The summed E-state index contributed by atoms with van der Waals surface area (Å²) in [7, 11) is 0. The minimum Gasteiger partial charge on any atom is -0.478 e. The molecule has 0 amide bonds. The number of carbonyl (C=O) groups is 1. The van der Waals surface area contributed by atoms with Gasteiger partial charge >= 0.3 is 5.97 Å². The maximum absolute atomic E-state index is 11.0. The van der Waals surface area contributed by atoms with E-state index in [1.54, 1.807) is 0 Å². The standard InChI is InChI=1S/C12H14N2O2/c1-6-4-8(6)11-13-5-9(12(15)16)10(14-11)7-2-3-7/h5-8H,2-4H2,1H3,(H,15,16). The fourth-order valence-electron chi connectivity index (χ4n) is 2.10. The fraction of sp³-hybridized carbons (Fsp3) is 0.583. The number of aromatic carboxylic acids is 1. The molecular formula is C12H14N2O2. The van der Waals surface area contributed by atoms with Gasteiger partial charge in [0.05, 0.1) is 11.3 Å². The first-order valence-electron chi connectivity index (χ1n) is 5.77. The van der Waals surface area contributed by atoms with Crippen molar-refractivity contribution in [1.29, 1.82) is 0 Å². The number of carboxylic acids is 1. The quantitative estimate of drug-likeness (QED) is 0.844. The molecule has 2 saturated carbocycles. The first-order valence-corrected chi connectivity index (χ1v) is 5.77. The van der Waals surface area contributed by atoms with Crippen LogP contribution in [0.25, 0.3) is 0 Å². The van der Waals surface area contributed by atoms with Crippen molar-refractivity contribution in [2.24, 2.45) is 5.92 Å². The lowest BCUT2D eigenvalue weighted by Crippen LogP contribution is -2.08. The molecule has 84 valence electrons. The predicted molar refractivity (Wildman–Crippen MR) is 57.5 cm³/mol. The second-order valence-corrected chi connectivity index (χ2v) is 4.93. The van der Waals surface area contributed by atoms with Crippen molar-refractivity contribution in [1.82, 2.24) is 9.97 Å². The molecule has 4 nitrogen and oxygen atoms in total. The Hall–Kier alpha value is -1.45. The lowest BCUT2D eigenvalue weighted by atomic mass is 10.1. The van der Waals surface area contributed by atoms with Crippen LogP contribution in [0.15, 0.2) is 6.20 Å². The van der Waals surface area contributed by atoms with Gasteiger partial charge in [0.2, 0.25) is 0 Å². The molecule has 0 saturated heterocycles. The summed E-state index contributed by atoms with van der Waals surface area (Å²) in [5.74, 6) is 1.42. The van der Waals surface area contributed by atoms with Crippen LogP contribution in [0, 0.1) is 5.92 Å². The Morgan fingerprint density at radius 2 is 2.19 bits per heavy atom. The summed E-state index contributed by atoms with van der Waals surface area (Å²) in [4.78, 5) is 19.7. The van der Waals surface area contributed by atoms with Crippen molar-refractivity contribution in [3.63, 3.8) is 0 Å². The molecule has 0 aromatic carbocycles. The average molecular weight is 218 g/mol. The van der Waals surface area contributed by atoms with Crippen molar-refractivity contribution in [3.05, 3.63) is 23.3 Å². The Morgan fingerprint density at radius 1 is 1.50 bits per heavy atom. The topological polar surface area (TPSA) is 63.1 Å². The van der Waals surface area contributed by atoms with Gasteiger partial charge in [0.25, 0.3) is 0 Å². The van der Waals surface area contributed by atoms with Gasteiger partial charge in [-0.15, -0.1) is 0 Å². The number of hydrogen-bond donors (Lipinski definition) is 1. The molecule has 2 aliphatic rings. The first-order chi connectivity index (χ1) is 7.66.